The van der Waals surface area contributed by atoms with Gasteiger partial charge in [-0.25, -0.2) is 9.97 Å². The van der Waals surface area contributed by atoms with Crippen LogP contribution in [0.5, 0.6) is 0 Å². The molecule has 0 spiro atoms. The van der Waals surface area contributed by atoms with Gasteiger partial charge < -0.3 is 4.40 Å². The van der Waals surface area contributed by atoms with Crippen molar-refractivity contribution in [3.63, 3.8) is 0 Å². The molecule has 0 unspecified atom stereocenters. The fourth-order valence-electron chi connectivity index (χ4n) is 9.74. The molecule has 0 aliphatic heterocycles. The first-order valence-electron chi connectivity index (χ1n) is 20.5. The molecule has 4 heteroatoms. The Bertz CT molecular complexity index is 3800. The number of hydrogen-bond acceptors (Lipinski definition) is 2. The van der Waals surface area contributed by atoms with E-state index >= 15 is 0 Å². The molecule has 13 rings (SSSR count). The molecule has 4 heterocycles. The van der Waals surface area contributed by atoms with Crippen molar-refractivity contribution in [3.8, 4) is 50.6 Å². The van der Waals surface area contributed by atoms with Crippen molar-refractivity contribution in [1.29, 1.82) is 0 Å². The lowest BCUT2D eigenvalue weighted by atomic mass is 9.97. The van der Waals surface area contributed by atoms with Crippen LogP contribution in [0.4, 0.5) is 0 Å². The molecule has 0 saturated carbocycles. The number of rotatable bonds is 5. The molecule has 0 bridgehead atoms. The summed E-state index contributed by atoms with van der Waals surface area (Å²) in [5.41, 5.74) is 15.8. The molecule has 0 aliphatic rings. The Balaban J connectivity index is 1.13. The van der Waals surface area contributed by atoms with E-state index < -0.39 is 0 Å². The SMILES string of the molecule is c1ccc(-c2ccc(-c3nc(-n4c5ccc(-c6cccc(-c7ccccc7)c6)cc5c5cc6c7ccccc7n7c8ccccc8c(c54)c67)nc4ccccc34)cc2)cc1. The summed E-state index contributed by atoms with van der Waals surface area (Å²) in [5, 5.41) is 8.29. The standard InChI is InChI=1S/C56H34N4/c1-3-14-35(15-4-1)37-26-28-38(29-27-37)53-43-21-7-10-23-48(43)57-56(58-53)60-51-31-30-41(40-19-13-18-39(32-40)36-16-5-2-6-17-36)33-45(51)47-34-46-42-20-8-11-24-49(42)59-50-25-12-9-22-44(50)52(54(46)59)55(47)60/h1-34H. The largest absolute Gasteiger partial charge is 0.308 e. The summed E-state index contributed by atoms with van der Waals surface area (Å²) in [6.45, 7) is 0. The fraction of sp³-hybridized carbons (Fsp3) is 0. The molecule has 0 radical (unpaired) electrons. The number of nitrogens with zero attached hydrogens (tertiary/aromatic N) is 4. The topological polar surface area (TPSA) is 35.1 Å². The molecule has 4 aromatic heterocycles. The average molecular weight is 763 g/mol. The maximum Gasteiger partial charge on any atom is 0.235 e. The number of fused-ring (bicyclic) bond motifs is 11. The molecule has 0 atom stereocenters. The minimum absolute atomic E-state index is 0.650. The first-order chi connectivity index (χ1) is 29.8. The highest BCUT2D eigenvalue weighted by atomic mass is 15.2. The molecule has 0 aliphatic carbocycles. The summed E-state index contributed by atoms with van der Waals surface area (Å²) in [7, 11) is 0. The van der Waals surface area contributed by atoms with Crippen LogP contribution in [0, 0.1) is 0 Å². The Morgan fingerprint density at radius 2 is 0.833 bits per heavy atom. The van der Waals surface area contributed by atoms with E-state index in [1.807, 2.05) is 0 Å². The zero-order chi connectivity index (χ0) is 39.3. The van der Waals surface area contributed by atoms with Crippen molar-refractivity contribution >= 4 is 70.8 Å². The Kier molecular flexibility index (Phi) is 6.98. The van der Waals surface area contributed by atoms with E-state index in [1.54, 1.807) is 0 Å². The quantitative estimate of drug-likeness (QED) is 0.175. The second kappa shape index (κ2) is 12.7. The number of aromatic nitrogens is 4. The first-order valence-corrected chi connectivity index (χ1v) is 20.5. The predicted octanol–water partition coefficient (Wildman–Crippen LogP) is 14.5. The molecular formula is C56H34N4. The monoisotopic (exact) mass is 762 g/mol. The normalized spacial score (nSPS) is 12.0. The van der Waals surface area contributed by atoms with Crippen molar-refractivity contribution in [3.05, 3.63) is 206 Å². The van der Waals surface area contributed by atoms with Gasteiger partial charge in [0.15, 0.2) is 0 Å². The van der Waals surface area contributed by atoms with Gasteiger partial charge in [-0.05, 0) is 75.8 Å². The second-order valence-electron chi connectivity index (χ2n) is 15.8. The van der Waals surface area contributed by atoms with E-state index in [2.05, 4.69) is 215 Å². The lowest BCUT2D eigenvalue weighted by Gasteiger charge is -2.13. The summed E-state index contributed by atoms with van der Waals surface area (Å²) in [5.74, 6) is 0.650. The van der Waals surface area contributed by atoms with Crippen LogP contribution in [0.25, 0.3) is 121 Å². The minimum Gasteiger partial charge on any atom is -0.308 e. The van der Waals surface area contributed by atoms with Gasteiger partial charge in [0.05, 0.1) is 38.8 Å². The van der Waals surface area contributed by atoms with Gasteiger partial charge in [0.2, 0.25) is 5.95 Å². The molecule has 278 valence electrons. The maximum absolute atomic E-state index is 5.56. The van der Waals surface area contributed by atoms with Crippen molar-refractivity contribution < 1.29 is 0 Å². The van der Waals surface area contributed by atoms with Crippen molar-refractivity contribution in [1.82, 2.24) is 18.9 Å². The lowest BCUT2D eigenvalue weighted by Crippen LogP contribution is -2.03. The molecule has 0 fully saturated rings. The third-order valence-electron chi connectivity index (χ3n) is 12.5. The third kappa shape index (κ3) is 4.79. The van der Waals surface area contributed by atoms with Gasteiger partial charge in [-0.2, -0.15) is 0 Å². The van der Waals surface area contributed by atoms with Gasteiger partial charge in [0, 0.05) is 43.3 Å². The van der Waals surface area contributed by atoms with Crippen LogP contribution in [0.2, 0.25) is 0 Å². The Morgan fingerprint density at radius 3 is 1.60 bits per heavy atom. The number of para-hydroxylation sites is 3. The zero-order valence-electron chi connectivity index (χ0n) is 32.4. The molecule has 9 aromatic carbocycles. The summed E-state index contributed by atoms with van der Waals surface area (Å²) in [6, 6.07) is 74.2. The second-order valence-corrected chi connectivity index (χ2v) is 15.8. The molecule has 0 saturated heterocycles. The lowest BCUT2D eigenvalue weighted by molar-refractivity contribution is 1.02. The van der Waals surface area contributed by atoms with Gasteiger partial charge in [0.1, 0.15) is 0 Å². The van der Waals surface area contributed by atoms with E-state index in [0.29, 0.717) is 5.95 Å². The highest BCUT2D eigenvalue weighted by Crippen LogP contribution is 2.47. The average Bonchev–Trinajstić information content (AvgIpc) is 3.96. The summed E-state index contributed by atoms with van der Waals surface area (Å²) >= 11 is 0. The molecular weight excluding hydrogens is 729 g/mol. The van der Waals surface area contributed by atoms with Crippen LogP contribution in [-0.2, 0) is 0 Å². The van der Waals surface area contributed by atoms with Crippen LogP contribution < -0.4 is 0 Å². The van der Waals surface area contributed by atoms with Crippen molar-refractivity contribution in [2.75, 3.05) is 0 Å². The van der Waals surface area contributed by atoms with E-state index in [1.165, 1.54) is 71.3 Å². The Hall–Kier alpha value is -8.08. The minimum atomic E-state index is 0.650. The van der Waals surface area contributed by atoms with E-state index in [4.69, 9.17) is 9.97 Å². The molecule has 60 heavy (non-hydrogen) atoms. The van der Waals surface area contributed by atoms with E-state index in [0.717, 1.165) is 44.1 Å². The van der Waals surface area contributed by atoms with Crippen LogP contribution in [0.3, 0.4) is 0 Å². The van der Waals surface area contributed by atoms with Gasteiger partial charge in [-0.3, -0.25) is 4.57 Å². The zero-order valence-corrected chi connectivity index (χ0v) is 32.4. The van der Waals surface area contributed by atoms with Gasteiger partial charge in [-0.1, -0.05) is 164 Å². The summed E-state index contributed by atoms with van der Waals surface area (Å²) in [4.78, 5) is 11.0. The smallest absolute Gasteiger partial charge is 0.235 e. The third-order valence-corrected chi connectivity index (χ3v) is 12.5. The Labute approximate surface area is 345 Å². The number of hydrogen-bond donors (Lipinski definition) is 0. The van der Waals surface area contributed by atoms with Crippen LogP contribution >= 0.6 is 0 Å². The van der Waals surface area contributed by atoms with Gasteiger partial charge in [-0.15, -0.1) is 0 Å². The molecule has 0 N–H and O–H groups in total. The van der Waals surface area contributed by atoms with Crippen LogP contribution in [0.15, 0.2) is 206 Å². The molecule has 13 aromatic rings. The highest BCUT2D eigenvalue weighted by molar-refractivity contribution is 6.34. The maximum atomic E-state index is 5.56. The summed E-state index contributed by atoms with van der Waals surface area (Å²) in [6.07, 6.45) is 0. The van der Waals surface area contributed by atoms with Crippen molar-refractivity contribution in [2.45, 2.75) is 0 Å². The molecule has 0 amide bonds. The van der Waals surface area contributed by atoms with Crippen molar-refractivity contribution in [2.24, 2.45) is 0 Å². The fourth-order valence-corrected chi connectivity index (χ4v) is 9.74. The van der Waals surface area contributed by atoms with E-state index in [-0.39, 0.29) is 0 Å². The Morgan fingerprint density at radius 1 is 0.300 bits per heavy atom. The first kappa shape index (κ1) is 32.9. The summed E-state index contributed by atoms with van der Waals surface area (Å²) < 4.78 is 4.79. The van der Waals surface area contributed by atoms with Gasteiger partial charge >= 0.3 is 0 Å². The predicted molar refractivity (Wildman–Crippen MR) is 250 cm³/mol. The number of benzene rings is 9. The van der Waals surface area contributed by atoms with E-state index in [9.17, 15) is 0 Å². The van der Waals surface area contributed by atoms with Crippen LogP contribution in [-0.4, -0.2) is 18.9 Å². The molecule has 4 nitrogen and oxygen atoms in total. The van der Waals surface area contributed by atoms with Crippen LogP contribution in [0.1, 0.15) is 0 Å². The van der Waals surface area contributed by atoms with Gasteiger partial charge in [0.25, 0.3) is 0 Å². The highest BCUT2D eigenvalue weighted by Gasteiger charge is 2.26.